The average molecular weight is 512 g/mol. The standard InChI is InChI=1S/C22H16Br2N4O/c23-15-6-4-14(5-7-15)10-21(29)27-18-8-9-20-19(12-18)22(26-13-25-20)28-17-3-1-2-16(24)11-17/h1-9,11-13H,10H2,(H,27,29)(H,25,26,28). The Hall–Kier alpha value is -2.77. The summed E-state index contributed by atoms with van der Waals surface area (Å²) in [5.74, 6) is 0.599. The normalized spacial score (nSPS) is 10.7. The third kappa shape index (κ3) is 4.99. The van der Waals surface area contributed by atoms with Crippen molar-refractivity contribution in [1.82, 2.24) is 9.97 Å². The predicted molar refractivity (Wildman–Crippen MR) is 123 cm³/mol. The van der Waals surface area contributed by atoms with Gasteiger partial charge in [-0.15, -0.1) is 0 Å². The van der Waals surface area contributed by atoms with E-state index >= 15 is 0 Å². The van der Waals surface area contributed by atoms with E-state index in [-0.39, 0.29) is 5.91 Å². The highest BCUT2D eigenvalue weighted by molar-refractivity contribution is 9.10. The number of fused-ring (bicyclic) bond motifs is 1. The highest BCUT2D eigenvalue weighted by atomic mass is 79.9. The Labute approximate surface area is 184 Å². The lowest BCUT2D eigenvalue weighted by molar-refractivity contribution is -0.115. The van der Waals surface area contributed by atoms with Crippen LogP contribution in [-0.2, 0) is 11.2 Å². The molecule has 0 radical (unpaired) electrons. The largest absolute Gasteiger partial charge is 0.340 e. The first-order chi connectivity index (χ1) is 14.1. The van der Waals surface area contributed by atoms with Crippen molar-refractivity contribution in [3.05, 3.63) is 87.6 Å². The van der Waals surface area contributed by atoms with Gasteiger partial charge in [-0.3, -0.25) is 4.79 Å². The molecule has 0 fully saturated rings. The molecule has 1 aromatic heterocycles. The summed E-state index contributed by atoms with van der Waals surface area (Å²) in [5.41, 5.74) is 3.35. The van der Waals surface area contributed by atoms with Gasteiger partial charge in [0.15, 0.2) is 0 Å². The number of anilines is 3. The summed E-state index contributed by atoms with van der Waals surface area (Å²) in [6, 6.07) is 21.2. The van der Waals surface area contributed by atoms with Gasteiger partial charge in [0, 0.05) is 25.7 Å². The van der Waals surface area contributed by atoms with Gasteiger partial charge in [0.05, 0.1) is 11.9 Å². The molecular weight excluding hydrogens is 496 g/mol. The van der Waals surface area contributed by atoms with Gasteiger partial charge in [-0.1, -0.05) is 50.1 Å². The second-order valence-corrected chi connectivity index (χ2v) is 8.27. The molecule has 1 amide bonds. The van der Waals surface area contributed by atoms with Crippen molar-refractivity contribution in [1.29, 1.82) is 0 Å². The van der Waals surface area contributed by atoms with Crippen LogP contribution < -0.4 is 10.6 Å². The molecule has 3 aromatic carbocycles. The molecule has 29 heavy (non-hydrogen) atoms. The molecule has 0 atom stereocenters. The molecule has 7 heteroatoms. The zero-order chi connectivity index (χ0) is 20.2. The maximum Gasteiger partial charge on any atom is 0.228 e. The Bertz CT molecular complexity index is 1180. The van der Waals surface area contributed by atoms with Crippen LogP contribution >= 0.6 is 31.9 Å². The van der Waals surface area contributed by atoms with Crippen LogP contribution in [-0.4, -0.2) is 15.9 Å². The third-order valence-electron chi connectivity index (χ3n) is 4.28. The number of carbonyl (C=O) groups is 1. The summed E-state index contributed by atoms with van der Waals surface area (Å²) >= 11 is 6.87. The molecule has 4 aromatic rings. The lowest BCUT2D eigenvalue weighted by atomic mass is 10.1. The maximum absolute atomic E-state index is 12.4. The van der Waals surface area contributed by atoms with Crippen molar-refractivity contribution < 1.29 is 4.79 Å². The number of amides is 1. The number of nitrogens with zero attached hydrogens (tertiary/aromatic N) is 2. The predicted octanol–water partition coefficient (Wildman–Crippen LogP) is 6.08. The SMILES string of the molecule is O=C(Cc1ccc(Br)cc1)Nc1ccc2ncnc(Nc3cccc(Br)c3)c2c1. The fraction of sp³-hybridized carbons (Fsp3) is 0.0455. The van der Waals surface area contributed by atoms with Gasteiger partial charge in [0.1, 0.15) is 12.1 Å². The molecule has 0 aliphatic carbocycles. The summed E-state index contributed by atoms with van der Waals surface area (Å²) in [6.45, 7) is 0. The van der Waals surface area contributed by atoms with Crippen LogP contribution in [0.2, 0.25) is 0 Å². The summed E-state index contributed by atoms with van der Waals surface area (Å²) in [7, 11) is 0. The number of hydrogen-bond donors (Lipinski definition) is 2. The summed E-state index contributed by atoms with van der Waals surface area (Å²) in [4.78, 5) is 21.1. The first-order valence-electron chi connectivity index (χ1n) is 8.88. The zero-order valence-electron chi connectivity index (χ0n) is 15.2. The van der Waals surface area contributed by atoms with E-state index in [1.165, 1.54) is 6.33 Å². The van der Waals surface area contributed by atoms with Gasteiger partial charge in [-0.25, -0.2) is 9.97 Å². The minimum atomic E-state index is -0.0787. The van der Waals surface area contributed by atoms with Crippen molar-refractivity contribution in [3.8, 4) is 0 Å². The maximum atomic E-state index is 12.4. The first kappa shape index (κ1) is 19.5. The Balaban J connectivity index is 1.56. The molecule has 4 rings (SSSR count). The highest BCUT2D eigenvalue weighted by Crippen LogP contribution is 2.27. The fourth-order valence-corrected chi connectivity index (χ4v) is 3.59. The van der Waals surface area contributed by atoms with E-state index < -0.39 is 0 Å². The van der Waals surface area contributed by atoms with Crippen LogP contribution in [0.1, 0.15) is 5.56 Å². The van der Waals surface area contributed by atoms with E-state index in [0.29, 0.717) is 17.9 Å². The molecule has 2 N–H and O–H groups in total. The smallest absolute Gasteiger partial charge is 0.228 e. The van der Waals surface area contributed by atoms with Gasteiger partial charge < -0.3 is 10.6 Å². The van der Waals surface area contributed by atoms with Crippen molar-refractivity contribution in [2.45, 2.75) is 6.42 Å². The number of nitrogens with one attached hydrogen (secondary N) is 2. The van der Waals surface area contributed by atoms with E-state index in [0.717, 1.165) is 31.1 Å². The topological polar surface area (TPSA) is 66.9 Å². The lowest BCUT2D eigenvalue weighted by Gasteiger charge is -2.11. The number of halogens is 2. The molecule has 0 saturated heterocycles. The van der Waals surface area contributed by atoms with Gasteiger partial charge in [0.25, 0.3) is 0 Å². The molecule has 5 nitrogen and oxygen atoms in total. The second-order valence-electron chi connectivity index (χ2n) is 6.44. The van der Waals surface area contributed by atoms with E-state index in [1.54, 1.807) is 0 Å². The van der Waals surface area contributed by atoms with Crippen LogP contribution in [0.5, 0.6) is 0 Å². The van der Waals surface area contributed by atoms with Crippen molar-refractivity contribution in [2.24, 2.45) is 0 Å². The Morgan fingerprint density at radius 2 is 1.69 bits per heavy atom. The molecule has 0 saturated carbocycles. The number of carbonyl (C=O) groups excluding carboxylic acids is 1. The summed E-state index contributed by atoms with van der Waals surface area (Å²) < 4.78 is 1.96. The molecule has 1 heterocycles. The molecule has 0 aliphatic rings. The molecule has 0 bridgehead atoms. The molecule has 0 aliphatic heterocycles. The van der Waals surface area contributed by atoms with Crippen molar-refractivity contribution in [3.63, 3.8) is 0 Å². The van der Waals surface area contributed by atoms with E-state index in [1.807, 2.05) is 66.7 Å². The second kappa shape index (κ2) is 8.71. The van der Waals surface area contributed by atoms with Crippen LogP contribution in [0.4, 0.5) is 17.2 Å². The van der Waals surface area contributed by atoms with Gasteiger partial charge >= 0.3 is 0 Å². The van der Waals surface area contributed by atoms with Gasteiger partial charge in [0.2, 0.25) is 5.91 Å². The quantitative estimate of drug-likeness (QED) is 0.340. The Kier molecular flexibility index (Phi) is 5.87. The third-order valence-corrected chi connectivity index (χ3v) is 5.31. The molecule has 0 spiro atoms. The van der Waals surface area contributed by atoms with E-state index in [9.17, 15) is 4.79 Å². The monoisotopic (exact) mass is 510 g/mol. The fourth-order valence-electron chi connectivity index (χ4n) is 2.93. The Morgan fingerprint density at radius 3 is 2.48 bits per heavy atom. The van der Waals surface area contributed by atoms with E-state index in [2.05, 4.69) is 52.5 Å². The highest BCUT2D eigenvalue weighted by Gasteiger charge is 2.09. The van der Waals surface area contributed by atoms with Gasteiger partial charge in [-0.2, -0.15) is 0 Å². The number of rotatable bonds is 5. The lowest BCUT2D eigenvalue weighted by Crippen LogP contribution is -2.14. The summed E-state index contributed by atoms with van der Waals surface area (Å²) in [5, 5.41) is 7.10. The Morgan fingerprint density at radius 1 is 0.862 bits per heavy atom. The van der Waals surface area contributed by atoms with Gasteiger partial charge in [-0.05, 0) is 54.1 Å². The number of hydrogen-bond acceptors (Lipinski definition) is 4. The first-order valence-corrected chi connectivity index (χ1v) is 10.5. The molecular formula is C22H16Br2N4O. The van der Waals surface area contributed by atoms with Crippen molar-refractivity contribution in [2.75, 3.05) is 10.6 Å². The van der Waals surface area contributed by atoms with Crippen molar-refractivity contribution >= 4 is 65.9 Å². The van der Waals surface area contributed by atoms with E-state index in [4.69, 9.17) is 0 Å². The number of benzene rings is 3. The average Bonchev–Trinajstić information content (AvgIpc) is 2.70. The molecule has 0 unspecified atom stereocenters. The van der Waals surface area contributed by atoms with Crippen LogP contribution in [0.3, 0.4) is 0 Å². The number of aromatic nitrogens is 2. The van der Waals surface area contributed by atoms with Crippen LogP contribution in [0, 0.1) is 0 Å². The van der Waals surface area contributed by atoms with Crippen LogP contribution in [0.15, 0.2) is 82.0 Å². The minimum Gasteiger partial charge on any atom is -0.340 e. The minimum absolute atomic E-state index is 0.0787. The zero-order valence-corrected chi connectivity index (χ0v) is 18.4. The summed E-state index contributed by atoms with van der Waals surface area (Å²) in [6.07, 6.45) is 1.83. The van der Waals surface area contributed by atoms with Crippen LogP contribution in [0.25, 0.3) is 10.9 Å². The molecule has 144 valence electrons.